The molecule has 0 atom stereocenters. The van der Waals surface area contributed by atoms with Gasteiger partial charge in [-0.05, 0) is 38.5 Å². The van der Waals surface area contributed by atoms with Crippen molar-refractivity contribution in [1.29, 1.82) is 0 Å². The number of hydrogen-bond donors (Lipinski definition) is 1. The predicted octanol–water partition coefficient (Wildman–Crippen LogP) is 4.93. The molecule has 1 heterocycles. The molecule has 0 aliphatic carbocycles. The molecule has 108 valence electrons. The zero-order valence-electron chi connectivity index (χ0n) is 11.8. The van der Waals surface area contributed by atoms with E-state index in [1.54, 1.807) is 17.4 Å². The molecule has 0 unspecified atom stereocenters. The Morgan fingerprint density at radius 3 is 2.65 bits per heavy atom. The van der Waals surface area contributed by atoms with Crippen molar-refractivity contribution in [2.75, 3.05) is 0 Å². The summed E-state index contributed by atoms with van der Waals surface area (Å²) in [5.74, 6) is 0. The summed E-state index contributed by atoms with van der Waals surface area (Å²) in [7, 11) is 0. The Morgan fingerprint density at radius 1 is 1.25 bits per heavy atom. The van der Waals surface area contributed by atoms with Crippen molar-refractivity contribution in [3.8, 4) is 0 Å². The minimum atomic E-state index is 0.115. The lowest BCUT2D eigenvalue weighted by molar-refractivity contribution is 0.426. The van der Waals surface area contributed by atoms with E-state index in [4.69, 9.17) is 23.2 Å². The van der Waals surface area contributed by atoms with Crippen LogP contribution >= 0.6 is 34.5 Å². The average Bonchev–Trinajstić information content (AvgIpc) is 2.77. The Hall–Kier alpha value is -0.610. The number of aromatic nitrogens is 1. The van der Waals surface area contributed by atoms with E-state index in [-0.39, 0.29) is 5.54 Å². The highest BCUT2D eigenvalue weighted by Crippen LogP contribution is 2.25. The van der Waals surface area contributed by atoms with Gasteiger partial charge >= 0.3 is 0 Å². The molecular formula is C15H18Cl2N2S. The van der Waals surface area contributed by atoms with Crippen LogP contribution in [0.3, 0.4) is 0 Å². The quantitative estimate of drug-likeness (QED) is 0.860. The Labute approximate surface area is 134 Å². The minimum Gasteiger partial charge on any atom is -0.307 e. The lowest BCUT2D eigenvalue weighted by atomic mass is 10.1. The van der Waals surface area contributed by atoms with E-state index in [9.17, 15) is 0 Å². The molecule has 1 aromatic heterocycles. The Morgan fingerprint density at radius 2 is 2.00 bits per heavy atom. The Kier molecular flexibility index (Phi) is 5.08. The van der Waals surface area contributed by atoms with Crippen LogP contribution in [-0.4, -0.2) is 10.5 Å². The fraction of sp³-hybridized carbons (Fsp3) is 0.400. The van der Waals surface area contributed by atoms with Crippen LogP contribution < -0.4 is 5.32 Å². The van der Waals surface area contributed by atoms with E-state index in [0.29, 0.717) is 10.0 Å². The van der Waals surface area contributed by atoms with Gasteiger partial charge in [0.25, 0.3) is 0 Å². The van der Waals surface area contributed by atoms with Gasteiger partial charge in [0, 0.05) is 39.6 Å². The monoisotopic (exact) mass is 328 g/mol. The van der Waals surface area contributed by atoms with Gasteiger partial charge in [0.2, 0.25) is 0 Å². The highest BCUT2D eigenvalue weighted by Gasteiger charge is 2.11. The van der Waals surface area contributed by atoms with Crippen molar-refractivity contribution in [2.45, 2.75) is 39.3 Å². The number of nitrogens with zero attached hydrogens (tertiary/aromatic N) is 1. The molecule has 0 radical (unpaired) electrons. The first-order valence-electron chi connectivity index (χ1n) is 6.46. The molecule has 0 saturated heterocycles. The summed E-state index contributed by atoms with van der Waals surface area (Å²) >= 11 is 13.8. The number of thiazole rings is 1. The van der Waals surface area contributed by atoms with Gasteiger partial charge in [0.15, 0.2) is 0 Å². The van der Waals surface area contributed by atoms with Gasteiger partial charge in [0.05, 0.1) is 5.01 Å². The lowest BCUT2D eigenvalue weighted by Crippen LogP contribution is -2.34. The second kappa shape index (κ2) is 6.44. The van der Waals surface area contributed by atoms with Crippen LogP contribution in [0.15, 0.2) is 24.4 Å². The van der Waals surface area contributed by atoms with Gasteiger partial charge in [-0.1, -0.05) is 29.3 Å². The molecule has 0 spiro atoms. The summed E-state index contributed by atoms with van der Waals surface area (Å²) in [4.78, 5) is 5.70. The van der Waals surface area contributed by atoms with Gasteiger partial charge < -0.3 is 5.32 Å². The maximum atomic E-state index is 6.19. The molecule has 2 aromatic rings. The zero-order chi connectivity index (χ0) is 14.8. The second-order valence-corrected chi connectivity index (χ2v) is 7.78. The lowest BCUT2D eigenvalue weighted by Gasteiger charge is -2.19. The summed E-state index contributed by atoms with van der Waals surface area (Å²) < 4.78 is 0. The van der Waals surface area contributed by atoms with Gasteiger partial charge in [-0.25, -0.2) is 4.98 Å². The fourth-order valence-electron chi connectivity index (χ4n) is 1.69. The first-order chi connectivity index (χ1) is 9.33. The Balaban J connectivity index is 2.02. The van der Waals surface area contributed by atoms with E-state index in [2.05, 4.69) is 31.1 Å². The molecule has 0 aliphatic heterocycles. The third-order valence-corrected chi connectivity index (χ3v) is 4.34. The first kappa shape index (κ1) is 15.8. The number of hydrogen-bond acceptors (Lipinski definition) is 3. The van der Waals surface area contributed by atoms with E-state index in [1.807, 2.05) is 18.3 Å². The maximum absolute atomic E-state index is 6.19. The SMILES string of the molecule is CC(C)(C)NCc1cnc(Cc2ccc(Cl)cc2Cl)s1. The average molecular weight is 329 g/mol. The van der Waals surface area contributed by atoms with Crippen molar-refractivity contribution in [3.05, 3.63) is 49.9 Å². The van der Waals surface area contributed by atoms with Crippen LogP contribution in [0.2, 0.25) is 10.0 Å². The molecule has 2 nitrogen and oxygen atoms in total. The summed E-state index contributed by atoms with van der Waals surface area (Å²) in [5.41, 5.74) is 1.17. The van der Waals surface area contributed by atoms with Crippen LogP contribution in [0.5, 0.6) is 0 Å². The fourth-order valence-corrected chi connectivity index (χ4v) is 3.05. The first-order valence-corrected chi connectivity index (χ1v) is 8.03. The van der Waals surface area contributed by atoms with Crippen molar-refractivity contribution < 1.29 is 0 Å². The molecule has 1 aromatic carbocycles. The molecule has 0 fully saturated rings. The van der Waals surface area contributed by atoms with Crippen LogP contribution in [0, 0.1) is 0 Å². The third-order valence-electron chi connectivity index (χ3n) is 2.75. The molecule has 2 rings (SSSR count). The molecule has 0 saturated carbocycles. The molecule has 20 heavy (non-hydrogen) atoms. The van der Waals surface area contributed by atoms with Gasteiger partial charge in [-0.2, -0.15) is 0 Å². The van der Waals surface area contributed by atoms with Crippen LogP contribution in [0.4, 0.5) is 0 Å². The zero-order valence-corrected chi connectivity index (χ0v) is 14.2. The van der Waals surface area contributed by atoms with Crippen LogP contribution in [0.25, 0.3) is 0 Å². The van der Waals surface area contributed by atoms with E-state index in [0.717, 1.165) is 23.5 Å². The van der Waals surface area contributed by atoms with Crippen molar-refractivity contribution in [2.24, 2.45) is 0 Å². The smallest absolute Gasteiger partial charge is 0.0972 e. The van der Waals surface area contributed by atoms with Crippen LogP contribution in [0.1, 0.15) is 36.2 Å². The molecule has 0 amide bonds. The minimum absolute atomic E-state index is 0.115. The largest absolute Gasteiger partial charge is 0.307 e. The number of benzene rings is 1. The van der Waals surface area contributed by atoms with E-state index < -0.39 is 0 Å². The summed E-state index contributed by atoms with van der Waals surface area (Å²) in [5, 5.41) is 5.89. The summed E-state index contributed by atoms with van der Waals surface area (Å²) in [6, 6.07) is 5.59. The highest BCUT2D eigenvalue weighted by molar-refractivity contribution is 7.11. The number of nitrogens with one attached hydrogen (secondary N) is 1. The Bertz CT molecular complexity index is 588. The van der Waals surface area contributed by atoms with Crippen molar-refractivity contribution in [3.63, 3.8) is 0 Å². The number of halogens is 2. The standard InChI is InChI=1S/C15H18Cl2N2S/c1-15(2,3)19-9-12-8-18-14(20-12)6-10-4-5-11(16)7-13(10)17/h4-5,7-8,19H,6,9H2,1-3H3. The van der Waals surface area contributed by atoms with Gasteiger partial charge in [-0.15, -0.1) is 11.3 Å². The molecule has 1 N–H and O–H groups in total. The highest BCUT2D eigenvalue weighted by atomic mass is 35.5. The number of rotatable bonds is 4. The van der Waals surface area contributed by atoms with E-state index in [1.165, 1.54) is 4.88 Å². The summed E-state index contributed by atoms with van der Waals surface area (Å²) in [6.45, 7) is 7.31. The van der Waals surface area contributed by atoms with Gasteiger partial charge in [-0.3, -0.25) is 0 Å². The molecule has 0 aliphatic rings. The van der Waals surface area contributed by atoms with Gasteiger partial charge in [0.1, 0.15) is 0 Å². The topological polar surface area (TPSA) is 24.9 Å². The van der Waals surface area contributed by atoms with E-state index >= 15 is 0 Å². The molecule has 5 heteroatoms. The maximum Gasteiger partial charge on any atom is 0.0972 e. The predicted molar refractivity (Wildman–Crippen MR) is 88.0 cm³/mol. The normalized spacial score (nSPS) is 11.8. The molecule has 0 bridgehead atoms. The van der Waals surface area contributed by atoms with Crippen LogP contribution in [-0.2, 0) is 13.0 Å². The molecular weight excluding hydrogens is 311 g/mol. The second-order valence-electron chi connectivity index (χ2n) is 5.74. The van der Waals surface area contributed by atoms with Crippen molar-refractivity contribution in [1.82, 2.24) is 10.3 Å². The summed E-state index contributed by atoms with van der Waals surface area (Å²) in [6.07, 6.45) is 2.68. The van der Waals surface area contributed by atoms with Crippen molar-refractivity contribution >= 4 is 34.5 Å². The third kappa shape index (κ3) is 4.74.